The van der Waals surface area contributed by atoms with Crippen molar-refractivity contribution in [2.45, 2.75) is 0 Å². The number of benzene rings is 2. The Labute approximate surface area is 158 Å². The first-order valence-electron chi connectivity index (χ1n) is 7.67. The molecule has 3 aromatic rings. The molecule has 3 rings (SSSR count). The molecule has 0 bridgehead atoms. The zero-order valence-electron chi connectivity index (χ0n) is 13.8. The van der Waals surface area contributed by atoms with Crippen molar-refractivity contribution >= 4 is 46.7 Å². The third kappa shape index (κ3) is 4.41. The van der Waals surface area contributed by atoms with Crippen LogP contribution in [0.4, 0.5) is 5.69 Å². The molecule has 1 aromatic heterocycles. The van der Waals surface area contributed by atoms with Gasteiger partial charge in [0.15, 0.2) is 0 Å². The van der Waals surface area contributed by atoms with E-state index in [1.807, 2.05) is 18.2 Å². The van der Waals surface area contributed by atoms with Crippen LogP contribution in [0, 0.1) is 0 Å². The van der Waals surface area contributed by atoms with E-state index in [9.17, 15) is 9.59 Å². The minimum atomic E-state index is -0.356. The lowest BCUT2D eigenvalue weighted by Crippen LogP contribution is -2.20. The molecule has 0 aliphatic rings. The van der Waals surface area contributed by atoms with Gasteiger partial charge in [0, 0.05) is 11.1 Å². The van der Waals surface area contributed by atoms with Gasteiger partial charge in [0.2, 0.25) is 0 Å². The molecule has 0 fully saturated rings. The maximum absolute atomic E-state index is 12.2. The highest BCUT2D eigenvalue weighted by Crippen LogP contribution is 2.22. The second kappa shape index (κ2) is 8.03. The van der Waals surface area contributed by atoms with Gasteiger partial charge in [-0.05, 0) is 35.9 Å². The number of methoxy groups -OCH3 is 1. The summed E-state index contributed by atoms with van der Waals surface area (Å²) >= 11 is 7.06. The SMILES string of the molecule is COc1ccccc1NC(=O)/C=c1\[nH]c(=O)/c(=C\c2ccc(Cl)cc2)s1. The fourth-order valence-electron chi connectivity index (χ4n) is 2.27. The van der Waals surface area contributed by atoms with Crippen molar-refractivity contribution in [3.05, 3.63) is 78.7 Å². The standard InChI is InChI=1S/C19H15ClN2O3S/c1-25-15-5-3-2-4-14(15)21-17(23)11-18-22-19(24)16(26-18)10-12-6-8-13(20)9-7-12/h2-11H,1H3,(H,21,23)(H,22,24)/b16-10+,18-11+. The number of nitrogens with one attached hydrogen (secondary N) is 2. The van der Waals surface area contributed by atoms with Gasteiger partial charge in [0.25, 0.3) is 11.5 Å². The Balaban J connectivity index is 1.87. The first-order valence-corrected chi connectivity index (χ1v) is 8.87. The molecule has 1 heterocycles. The fourth-order valence-corrected chi connectivity index (χ4v) is 3.28. The molecule has 132 valence electrons. The number of hydrogen-bond donors (Lipinski definition) is 2. The number of ether oxygens (including phenoxy) is 1. The summed E-state index contributed by atoms with van der Waals surface area (Å²) in [5, 5.41) is 3.36. The predicted octanol–water partition coefficient (Wildman–Crippen LogP) is 2.35. The average Bonchev–Trinajstić information content (AvgIpc) is 2.96. The smallest absolute Gasteiger partial charge is 0.266 e. The lowest BCUT2D eigenvalue weighted by atomic mass is 10.2. The predicted molar refractivity (Wildman–Crippen MR) is 105 cm³/mol. The molecule has 2 N–H and O–H groups in total. The zero-order valence-corrected chi connectivity index (χ0v) is 15.4. The number of halogens is 1. The minimum Gasteiger partial charge on any atom is -0.495 e. The summed E-state index contributed by atoms with van der Waals surface area (Å²) in [5.41, 5.74) is 1.16. The Kier molecular flexibility index (Phi) is 5.55. The number of aromatic nitrogens is 1. The van der Waals surface area contributed by atoms with Gasteiger partial charge in [-0.15, -0.1) is 11.3 Å². The summed E-state index contributed by atoms with van der Waals surface area (Å²) in [5.74, 6) is 0.204. The molecule has 26 heavy (non-hydrogen) atoms. The lowest BCUT2D eigenvalue weighted by molar-refractivity contribution is -0.110. The Morgan fingerprint density at radius 2 is 1.92 bits per heavy atom. The van der Waals surface area contributed by atoms with Gasteiger partial charge in [-0.1, -0.05) is 35.9 Å². The Morgan fingerprint density at radius 3 is 2.65 bits per heavy atom. The van der Waals surface area contributed by atoms with Crippen LogP contribution in [0.25, 0.3) is 12.2 Å². The van der Waals surface area contributed by atoms with Crippen LogP contribution in [0.2, 0.25) is 5.02 Å². The molecular weight excluding hydrogens is 372 g/mol. The first-order chi connectivity index (χ1) is 12.5. The summed E-state index contributed by atoms with van der Waals surface area (Å²) in [7, 11) is 1.53. The van der Waals surface area contributed by atoms with E-state index in [4.69, 9.17) is 16.3 Å². The van der Waals surface area contributed by atoms with Crippen molar-refractivity contribution < 1.29 is 9.53 Å². The highest BCUT2D eigenvalue weighted by molar-refractivity contribution is 7.07. The second-order valence-corrected chi connectivity index (χ2v) is 6.83. The van der Waals surface area contributed by atoms with Crippen LogP contribution in [0.3, 0.4) is 0 Å². The maximum atomic E-state index is 12.2. The monoisotopic (exact) mass is 386 g/mol. The molecule has 0 atom stereocenters. The molecule has 0 saturated carbocycles. The molecule has 7 heteroatoms. The van der Waals surface area contributed by atoms with Crippen molar-refractivity contribution in [1.82, 2.24) is 4.98 Å². The van der Waals surface area contributed by atoms with Crippen LogP contribution in [0.1, 0.15) is 5.56 Å². The third-order valence-corrected chi connectivity index (χ3v) is 4.69. The van der Waals surface area contributed by atoms with Gasteiger partial charge in [-0.2, -0.15) is 0 Å². The van der Waals surface area contributed by atoms with Crippen molar-refractivity contribution in [3.63, 3.8) is 0 Å². The molecule has 0 unspecified atom stereocenters. The van der Waals surface area contributed by atoms with E-state index in [-0.39, 0.29) is 11.5 Å². The number of anilines is 1. The van der Waals surface area contributed by atoms with Gasteiger partial charge >= 0.3 is 0 Å². The van der Waals surface area contributed by atoms with E-state index < -0.39 is 0 Å². The quantitative estimate of drug-likeness (QED) is 0.723. The Morgan fingerprint density at radius 1 is 1.19 bits per heavy atom. The van der Waals surface area contributed by atoms with E-state index in [1.165, 1.54) is 24.5 Å². The van der Waals surface area contributed by atoms with Crippen molar-refractivity contribution in [2.24, 2.45) is 0 Å². The van der Waals surface area contributed by atoms with Gasteiger partial charge in [-0.25, -0.2) is 0 Å². The number of para-hydroxylation sites is 2. The summed E-state index contributed by atoms with van der Waals surface area (Å²) in [6.07, 6.45) is 3.09. The molecule has 5 nitrogen and oxygen atoms in total. The third-order valence-electron chi connectivity index (χ3n) is 3.48. The maximum Gasteiger partial charge on any atom is 0.266 e. The number of carbonyl (C=O) groups is 1. The molecule has 2 aromatic carbocycles. The minimum absolute atomic E-state index is 0.249. The molecule has 0 radical (unpaired) electrons. The van der Waals surface area contributed by atoms with Gasteiger partial charge in [-0.3, -0.25) is 9.59 Å². The molecular formula is C19H15ClN2O3S. The molecule has 0 spiro atoms. The lowest BCUT2D eigenvalue weighted by Gasteiger charge is -2.07. The van der Waals surface area contributed by atoms with E-state index in [0.717, 1.165) is 5.56 Å². The normalized spacial score (nSPS) is 12.2. The van der Waals surface area contributed by atoms with E-state index in [0.29, 0.717) is 25.7 Å². The number of carbonyl (C=O) groups excluding carboxylic acids is 1. The van der Waals surface area contributed by atoms with Crippen molar-refractivity contribution in [3.8, 4) is 5.75 Å². The van der Waals surface area contributed by atoms with E-state index in [1.54, 1.807) is 36.4 Å². The summed E-state index contributed by atoms with van der Waals surface area (Å²) in [6.45, 7) is 0. The molecule has 0 saturated heterocycles. The van der Waals surface area contributed by atoms with Crippen LogP contribution in [0.5, 0.6) is 5.75 Å². The number of hydrogen-bond acceptors (Lipinski definition) is 4. The first kappa shape index (κ1) is 18.0. The van der Waals surface area contributed by atoms with Crippen LogP contribution >= 0.6 is 22.9 Å². The second-order valence-electron chi connectivity index (χ2n) is 5.31. The van der Waals surface area contributed by atoms with Gasteiger partial charge < -0.3 is 15.0 Å². The largest absolute Gasteiger partial charge is 0.495 e. The number of rotatable bonds is 4. The number of aromatic amines is 1. The topological polar surface area (TPSA) is 71.2 Å². The molecule has 0 aliphatic carbocycles. The summed E-state index contributed by atoms with van der Waals surface area (Å²) < 4.78 is 6.16. The highest BCUT2D eigenvalue weighted by Gasteiger charge is 2.05. The van der Waals surface area contributed by atoms with E-state index >= 15 is 0 Å². The van der Waals surface area contributed by atoms with Crippen LogP contribution in [-0.4, -0.2) is 18.0 Å². The number of amides is 1. The van der Waals surface area contributed by atoms with Gasteiger partial charge in [0.1, 0.15) is 10.4 Å². The number of H-pyrrole nitrogens is 1. The van der Waals surface area contributed by atoms with Crippen LogP contribution in [-0.2, 0) is 4.79 Å². The molecule has 0 aliphatic heterocycles. The Hall–Kier alpha value is -2.83. The molecule has 1 amide bonds. The van der Waals surface area contributed by atoms with E-state index in [2.05, 4.69) is 10.3 Å². The average molecular weight is 387 g/mol. The van der Waals surface area contributed by atoms with Crippen molar-refractivity contribution in [1.29, 1.82) is 0 Å². The zero-order chi connectivity index (χ0) is 18.5. The highest BCUT2D eigenvalue weighted by atomic mass is 35.5. The van der Waals surface area contributed by atoms with Crippen LogP contribution < -0.4 is 24.8 Å². The number of thiazole rings is 1. The van der Waals surface area contributed by atoms with Crippen LogP contribution in [0.15, 0.2) is 53.3 Å². The summed E-state index contributed by atoms with van der Waals surface area (Å²) in [4.78, 5) is 27.0. The van der Waals surface area contributed by atoms with Gasteiger partial charge in [0.05, 0.1) is 17.3 Å². The summed E-state index contributed by atoms with van der Waals surface area (Å²) in [6, 6.07) is 14.2. The van der Waals surface area contributed by atoms with Crippen molar-refractivity contribution in [2.75, 3.05) is 12.4 Å². The fraction of sp³-hybridized carbons (Fsp3) is 0.0526. The Bertz CT molecular complexity index is 1100.